The minimum Gasteiger partial charge on any atom is -0.496 e. The molecule has 0 spiro atoms. The van der Waals surface area contributed by atoms with Crippen LogP contribution < -0.4 is 4.74 Å². The number of carbonyl (C=O) groups is 1. The number of benzene rings is 1. The van der Waals surface area contributed by atoms with Gasteiger partial charge in [-0.3, -0.25) is 4.79 Å². The van der Waals surface area contributed by atoms with E-state index in [0.717, 1.165) is 10.4 Å². The molecule has 0 N–H and O–H groups in total. The van der Waals surface area contributed by atoms with Crippen molar-refractivity contribution in [2.45, 2.75) is 12.8 Å². The Labute approximate surface area is 115 Å². The van der Waals surface area contributed by atoms with Crippen LogP contribution in [0, 0.1) is 0 Å². The highest BCUT2D eigenvalue weighted by atomic mass is 35.5. The molecule has 0 bridgehead atoms. The number of Topliss-reactive ketones (excluding diaryl/α,β-unsaturated/α-hetero) is 1. The van der Waals surface area contributed by atoms with Crippen molar-refractivity contribution >= 4 is 28.7 Å². The lowest BCUT2D eigenvalue weighted by atomic mass is 10.1. The number of halogens is 1. The van der Waals surface area contributed by atoms with Crippen LogP contribution in [0.3, 0.4) is 0 Å². The molecule has 0 aliphatic carbocycles. The van der Waals surface area contributed by atoms with Gasteiger partial charge in [0, 0.05) is 28.3 Å². The van der Waals surface area contributed by atoms with Gasteiger partial charge in [-0.25, -0.2) is 0 Å². The molecule has 1 heterocycles. The van der Waals surface area contributed by atoms with Crippen molar-refractivity contribution in [3.63, 3.8) is 0 Å². The number of hydrogen-bond acceptors (Lipinski definition) is 3. The molecular weight excluding hydrogens is 268 g/mol. The van der Waals surface area contributed by atoms with Gasteiger partial charge < -0.3 is 4.74 Å². The van der Waals surface area contributed by atoms with Gasteiger partial charge >= 0.3 is 0 Å². The monoisotopic (exact) mass is 280 g/mol. The van der Waals surface area contributed by atoms with Gasteiger partial charge in [-0.2, -0.15) is 0 Å². The number of rotatable bonds is 5. The first kappa shape index (κ1) is 13.1. The van der Waals surface area contributed by atoms with Crippen molar-refractivity contribution < 1.29 is 9.53 Å². The Kier molecular flexibility index (Phi) is 4.39. The van der Waals surface area contributed by atoms with Crippen LogP contribution >= 0.6 is 22.9 Å². The third kappa shape index (κ3) is 3.34. The Hall–Kier alpha value is -1.32. The van der Waals surface area contributed by atoms with E-state index in [4.69, 9.17) is 16.3 Å². The number of ether oxygens (including phenoxy) is 1. The molecule has 0 amide bonds. The number of ketones is 1. The molecular formula is C14H13ClO2S. The Bertz CT molecular complexity index is 535. The van der Waals surface area contributed by atoms with E-state index in [0.29, 0.717) is 23.6 Å². The third-order valence-corrected chi connectivity index (χ3v) is 3.69. The molecule has 0 saturated carbocycles. The zero-order valence-corrected chi connectivity index (χ0v) is 11.6. The molecule has 0 fully saturated rings. The van der Waals surface area contributed by atoms with Gasteiger partial charge in [-0.15, -0.1) is 11.3 Å². The fourth-order valence-corrected chi connectivity index (χ4v) is 2.70. The van der Waals surface area contributed by atoms with Crippen LogP contribution in [0.1, 0.15) is 10.4 Å². The van der Waals surface area contributed by atoms with Crippen molar-refractivity contribution in [3.05, 3.63) is 51.2 Å². The Morgan fingerprint density at radius 3 is 2.83 bits per heavy atom. The molecule has 94 valence electrons. The van der Waals surface area contributed by atoms with Gasteiger partial charge in [0.05, 0.1) is 7.11 Å². The lowest BCUT2D eigenvalue weighted by Gasteiger charge is -2.08. The largest absolute Gasteiger partial charge is 0.496 e. The molecule has 1 aromatic heterocycles. The minimum atomic E-state index is 0.165. The molecule has 2 aromatic rings. The standard InChI is InChI=1S/C14H13ClO2S/c1-17-14-5-4-11(15)7-10(14)8-12(16)9-13-3-2-6-18-13/h2-7H,8-9H2,1H3. The smallest absolute Gasteiger partial charge is 0.142 e. The highest BCUT2D eigenvalue weighted by Gasteiger charge is 2.10. The molecule has 0 unspecified atom stereocenters. The van der Waals surface area contributed by atoms with Crippen molar-refractivity contribution in [3.8, 4) is 5.75 Å². The summed E-state index contributed by atoms with van der Waals surface area (Å²) in [7, 11) is 1.59. The summed E-state index contributed by atoms with van der Waals surface area (Å²) in [4.78, 5) is 13.1. The maximum absolute atomic E-state index is 12.0. The number of thiophene rings is 1. The molecule has 0 atom stereocenters. The summed E-state index contributed by atoms with van der Waals surface area (Å²) in [5.41, 5.74) is 0.839. The van der Waals surface area contributed by atoms with E-state index >= 15 is 0 Å². The van der Waals surface area contributed by atoms with Crippen molar-refractivity contribution in [1.82, 2.24) is 0 Å². The van der Waals surface area contributed by atoms with Gasteiger partial charge in [0.25, 0.3) is 0 Å². The Morgan fingerprint density at radius 2 is 2.17 bits per heavy atom. The second-order valence-corrected chi connectivity index (χ2v) is 5.40. The molecule has 2 nitrogen and oxygen atoms in total. The lowest BCUT2D eigenvalue weighted by molar-refractivity contribution is -0.117. The van der Waals surface area contributed by atoms with E-state index in [1.807, 2.05) is 17.5 Å². The molecule has 0 radical (unpaired) electrons. The van der Waals surface area contributed by atoms with Gasteiger partial charge in [0.1, 0.15) is 11.5 Å². The summed E-state index contributed by atoms with van der Waals surface area (Å²) >= 11 is 7.53. The highest BCUT2D eigenvalue weighted by Crippen LogP contribution is 2.23. The second-order valence-electron chi connectivity index (χ2n) is 3.93. The van der Waals surface area contributed by atoms with E-state index in [1.54, 1.807) is 36.6 Å². The van der Waals surface area contributed by atoms with Crippen LogP contribution in [0.4, 0.5) is 0 Å². The van der Waals surface area contributed by atoms with E-state index in [2.05, 4.69) is 0 Å². The van der Waals surface area contributed by atoms with Crippen LogP contribution in [-0.2, 0) is 17.6 Å². The lowest BCUT2D eigenvalue weighted by Crippen LogP contribution is -2.06. The first-order chi connectivity index (χ1) is 8.69. The molecule has 0 aliphatic heterocycles. The summed E-state index contributed by atoms with van der Waals surface area (Å²) in [5.74, 6) is 0.872. The van der Waals surface area contributed by atoms with E-state index in [1.165, 1.54) is 0 Å². The molecule has 18 heavy (non-hydrogen) atoms. The molecule has 0 aliphatic rings. The molecule has 2 rings (SSSR count). The summed E-state index contributed by atoms with van der Waals surface area (Å²) in [5, 5.41) is 2.59. The van der Waals surface area contributed by atoms with Gasteiger partial charge in [0.15, 0.2) is 0 Å². The van der Waals surface area contributed by atoms with Crippen molar-refractivity contribution in [2.24, 2.45) is 0 Å². The van der Waals surface area contributed by atoms with E-state index in [-0.39, 0.29) is 5.78 Å². The van der Waals surface area contributed by atoms with Gasteiger partial charge in [-0.05, 0) is 29.6 Å². The topological polar surface area (TPSA) is 26.3 Å². The molecule has 1 aromatic carbocycles. The molecule has 0 saturated heterocycles. The maximum atomic E-state index is 12.0. The number of carbonyl (C=O) groups excluding carboxylic acids is 1. The summed E-state index contributed by atoms with van der Waals surface area (Å²) in [6, 6.07) is 9.25. The number of hydrogen-bond donors (Lipinski definition) is 0. The zero-order chi connectivity index (χ0) is 13.0. The van der Waals surface area contributed by atoms with Gasteiger partial charge in [0.2, 0.25) is 0 Å². The Morgan fingerprint density at radius 1 is 1.33 bits per heavy atom. The van der Waals surface area contributed by atoms with Crippen molar-refractivity contribution in [1.29, 1.82) is 0 Å². The first-order valence-corrected chi connectivity index (χ1v) is 6.81. The zero-order valence-electron chi connectivity index (χ0n) is 9.98. The summed E-state index contributed by atoms with van der Waals surface area (Å²) in [6.07, 6.45) is 0.814. The average molecular weight is 281 g/mol. The summed E-state index contributed by atoms with van der Waals surface area (Å²) < 4.78 is 5.23. The Balaban J connectivity index is 2.08. The van der Waals surface area contributed by atoms with Crippen LogP contribution in [0.2, 0.25) is 5.02 Å². The SMILES string of the molecule is COc1ccc(Cl)cc1CC(=O)Cc1cccs1. The maximum Gasteiger partial charge on any atom is 0.142 e. The quantitative estimate of drug-likeness (QED) is 0.833. The first-order valence-electron chi connectivity index (χ1n) is 5.55. The fourth-order valence-electron chi connectivity index (χ4n) is 1.77. The molecule has 4 heteroatoms. The van der Waals surface area contributed by atoms with E-state index in [9.17, 15) is 4.79 Å². The van der Waals surface area contributed by atoms with Crippen LogP contribution in [0.15, 0.2) is 35.7 Å². The average Bonchev–Trinajstić information content (AvgIpc) is 2.82. The van der Waals surface area contributed by atoms with Crippen LogP contribution in [0.25, 0.3) is 0 Å². The number of methoxy groups -OCH3 is 1. The van der Waals surface area contributed by atoms with Gasteiger partial charge in [-0.1, -0.05) is 17.7 Å². The fraction of sp³-hybridized carbons (Fsp3) is 0.214. The predicted octanol–water partition coefficient (Wildman–Crippen LogP) is 3.76. The van der Waals surface area contributed by atoms with Crippen LogP contribution in [0.5, 0.6) is 5.75 Å². The highest BCUT2D eigenvalue weighted by molar-refractivity contribution is 7.10. The van der Waals surface area contributed by atoms with Crippen LogP contribution in [-0.4, -0.2) is 12.9 Å². The predicted molar refractivity (Wildman–Crippen MR) is 74.7 cm³/mol. The van der Waals surface area contributed by atoms with Crippen molar-refractivity contribution in [2.75, 3.05) is 7.11 Å². The second kappa shape index (κ2) is 6.03. The normalized spacial score (nSPS) is 10.3. The van der Waals surface area contributed by atoms with E-state index < -0.39 is 0 Å². The summed E-state index contributed by atoms with van der Waals surface area (Å²) in [6.45, 7) is 0. The third-order valence-electron chi connectivity index (χ3n) is 2.58. The minimum absolute atomic E-state index is 0.165.